The van der Waals surface area contributed by atoms with Crippen LogP contribution in [-0.4, -0.2) is 139 Å². The van der Waals surface area contributed by atoms with E-state index in [1.165, 1.54) is 6.92 Å². The molecule has 3 aliphatic rings. The van der Waals surface area contributed by atoms with Crippen LogP contribution in [0.15, 0.2) is 24.8 Å². The predicted octanol–water partition coefficient (Wildman–Crippen LogP) is 3.72. The summed E-state index contributed by atoms with van der Waals surface area (Å²) in [5.41, 5.74) is -1.68. The Kier molecular flexibility index (Phi) is 15.1. The fraction of sp³-hybridized carbons (Fsp3) is 0.842. The quantitative estimate of drug-likeness (QED) is 0.281. The van der Waals surface area contributed by atoms with Crippen LogP contribution in [0, 0.1) is 17.8 Å². The van der Waals surface area contributed by atoms with Gasteiger partial charge in [0, 0.05) is 32.0 Å². The fourth-order valence-corrected chi connectivity index (χ4v) is 8.34. The lowest BCUT2D eigenvalue weighted by Crippen LogP contribution is -2.61. The first-order valence-electron chi connectivity index (χ1n) is 18.3. The van der Waals surface area contributed by atoms with Crippen molar-refractivity contribution < 1.29 is 48.2 Å². The smallest absolute Gasteiger partial charge is 0.311 e. The van der Waals surface area contributed by atoms with Gasteiger partial charge in [0.15, 0.2) is 12.4 Å². The lowest BCUT2D eigenvalue weighted by Gasteiger charge is -2.47. The molecule has 3 rings (SSSR count). The van der Waals surface area contributed by atoms with Crippen molar-refractivity contribution in [2.45, 2.75) is 148 Å². The minimum Gasteiger partial charge on any atom is -0.459 e. The lowest BCUT2D eigenvalue weighted by molar-refractivity contribution is -0.301. The van der Waals surface area contributed by atoms with Gasteiger partial charge in [0.1, 0.15) is 17.8 Å². The first kappa shape index (κ1) is 42.5. The Morgan fingerprint density at radius 3 is 2.42 bits per heavy atom. The highest BCUT2D eigenvalue weighted by molar-refractivity contribution is 5.73. The summed E-state index contributed by atoms with van der Waals surface area (Å²) in [4.78, 5) is 30.5. The van der Waals surface area contributed by atoms with Crippen LogP contribution in [0.3, 0.4) is 0 Å². The van der Waals surface area contributed by atoms with Crippen LogP contribution >= 0.6 is 0 Å². The molecule has 0 aromatic heterocycles. The predicted molar refractivity (Wildman–Crippen MR) is 190 cm³/mol. The van der Waals surface area contributed by atoms with Crippen LogP contribution in [0.2, 0.25) is 0 Å². The number of likely N-dealkylation sites (N-methyl/N-ethyl adjacent to an activating group) is 1. The number of rotatable bonds is 8. The van der Waals surface area contributed by atoms with Crippen molar-refractivity contribution in [2.75, 3.05) is 40.4 Å². The van der Waals surface area contributed by atoms with Gasteiger partial charge in [-0.25, -0.2) is 0 Å². The zero-order chi connectivity index (χ0) is 37.7. The summed E-state index contributed by atoms with van der Waals surface area (Å²) >= 11 is 0. The number of cyclic esters (lactones) is 1. The molecule has 50 heavy (non-hydrogen) atoms. The molecule has 12 heteroatoms. The molecule has 12 nitrogen and oxygen atoms in total. The SMILES string of the molecule is C=CCO[C@]1(C)[C@@H](CC)OC(=O)[C@H](C)[C@@H](O)[C@@H](C)[C@@H](O[C@@H]2O[C@H](C)C[C@H](N(C)C)[C@H]2OC(C)=O)[C@](C)(O)C[C@@H](C)CN2CC(=C)CO[C@H]1[C@H]2C. The third-order valence-corrected chi connectivity index (χ3v) is 10.9. The van der Waals surface area contributed by atoms with E-state index in [4.69, 9.17) is 28.4 Å². The van der Waals surface area contributed by atoms with Gasteiger partial charge in [-0.1, -0.05) is 33.4 Å². The first-order chi connectivity index (χ1) is 23.3. The lowest BCUT2D eigenvalue weighted by atomic mass is 9.78. The Morgan fingerprint density at radius 1 is 1.18 bits per heavy atom. The summed E-state index contributed by atoms with van der Waals surface area (Å²) in [5.74, 6) is -2.94. The summed E-state index contributed by atoms with van der Waals surface area (Å²) in [6, 6.07) is -0.405. The number of ether oxygens (including phenoxy) is 6. The number of esters is 2. The Hall–Kier alpha value is -1.90. The molecular weight excluding hydrogens is 644 g/mol. The van der Waals surface area contributed by atoms with Crippen LogP contribution in [0.4, 0.5) is 0 Å². The molecule has 0 aliphatic carbocycles. The van der Waals surface area contributed by atoms with E-state index in [9.17, 15) is 19.8 Å². The molecule has 3 saturated heterocycles. The van der Waals surface area contributed by atoms with Crippen LogP contribution in [-0.2, 0) is 38.0 Å². The fourth-order valence-electron chi connectivity index (χ4n) is 8.34. The van der Waals surface area contributed by atoms with E-state index in [1.54, 1.807) is 26.8 Å². The van der Waals surface area contributed by atoms with E-state index >= 15 is 0 Å². The number of carbonyl (C=O) groups excluding carboxylic acids is 2. The number of aliphatic hydroxyl groups excluding tert-OH is 1. The number of nitrogens with zero attached hydrogens (tertiary/aromatic N) is 2. The maximum absolute atomic E-state index is 13.9. The topological polar surface area (TPSA) is 136 Å². The Morgan fingerprint density at radius 2 is 1.84 bits per heavy atom. The molecule has 0 spiro atoms. The minimum absolute atomic E-state index is 0.0674. The second-order valence-corrected chi connectivity index (χ2v) is 15.8. The molecule has 288 valence electrons. The van der Waals surface area contributed by atoms with Crippen molar-refractivity contribution >= 4 is 11.9 Å². The summed E-state index contributed by atoms with van der Waals surface area (Å²) in [6.07, 6.45) is -2.64. The van der Waals surface area contributed by atoms with E-state index in [0.717, 1.165) is 5.57 Å². The second kappa shape index (κ2) is 17.7. The van der Waals surface area contributed by atoms with Crippen LogP contribution in [0.25, 0.3) is 0 Å². The van der Waals surface area contributed by atoms with Gasteiger partial charge in [-0.3, -0.25) is 14.5 Å². The summed E-state index contributed by atoms with van der Waals surface area (Å²) in [7, 11) is 3.81. The second-order valence-electron chi connectivity index (χ2n) is 15.8. The van der Waals surface area contributed by atoms with Crippen molar-refractivity contribution in [3.05, 3.63) is 24.8 Å². The molecule has 2 N–H and O–H groups in total. The van der Waals surface area contributed by atoms with E-state index in [1.807, 2.05) is 39.8 Å². The summed E-state index contributed by atoms with van der Waals surface area (Å²) < 4.78 is 38.0. The Bertz CT molecular complexity index is 1160. The number of hydrogen-bond acceptors (Lipinski definition) is 12. The molecule has 3 aliphatic heterocycles. The van der Waals surface area contributed by atoms with Crippen molar-refractivity contribution in [3.8, 4) is 0 Å². The van der Waals surface area contributed by atoms with Crippen LogP contribution < -0.4 is 0 Å². The van der Waals surface area contributed by atoms with Gasteiger partial charge in [0.05, 0.1) is 49.1 Å². The van der Waals surface area contributed by atoms with Crippen LogP contribution in [0.1, 0.15) is 81.6 Å². The molecule has 0 radical (unpaired) electrons. The molecule has 0 amide bonds. The molecule has 2 bridgehead atoms. The van der Waals surface area contributed by atoms with Gasteiger partial charge in [-0.15, -0.1) is 6.58 Å². The molecule has 15 atom stereocenters. The molecule has 0 saturated carbocycles. The van der Waals surface area contributed by atoms with Gasteiger partial charge < -0.3 is 43.5 Å². The third-order valence-electron chi connectivity index (χ3n) is 10.9. The number of hydrogen-bond donors (Lipinski definition) is 2. The average Bonchev–Trinajstić information content (AvgIpc) is 3.16. The molecule has 0 aromatic carbocycles. The van der Waals surface area contributed by atoms with E-state index in [-0.39, 0.29) is 37.1 Å². The third kappa shape index (κ3) is 9.95. The molecular formula is C38H66N2O10. The standard InChI is InChI=1S/C38H66N2O10/c1-14-16-46-38(11)30(15-2)49-35(43)26(7)31(42)25(6)33(50-36-32(48-28(9)41)29(39(12)13)17-24(5)47-36)37(10,44)18-22(3)19-40-20-23(4)21-45-34(38)27(40)8/h14,22,24-27,29-34,36,42,44H,1,4,15-21H2,2-3,5-13H3/t22-,24-,25-,26-,27-,29+,30-,31+,32-,33-,34+,36+,37-,38-/m1/s1. The zero-order valence-corrected chi connectivity index (χ0v) is 32.4. The number of aliphatic hydroxyl groups is 2. The zero-order valence-electron chi connectivity index (χ0n) is 32.4. The minimum atomic E-state index is -1.52. The highest BCUT2D eigenvalue weighted by atomic mass is 16.7. The summed E-state index contributed by atoms with van der Waals surface area (Å²) in [5, 5.41) is 24.3. The average molecular weight is 711 g/mol. The Labute approximate surface area is 300 Å². The first-order valence-corrected chi connectivity index (χ1v) is 18.3. The molecule has 1 unspecified atom stereocenters. The Balaban J connectivity index is 2.13. The summed E-state index contributed by atoms with van der Waals surface area (Å²) in [6.45, 7) is 26.1. The van der Waals surface area contributed by atoms with Crippen LogP contribution in [0.5, 0.6) is 0 Å². The van der Waals surface area contributed by atoms with Gasteiger partial charge in [-0.2, -0.15) is 0 Å². The van der Waals surface area contributed by atoms with Gasteiger partial charge in [0.2, 0.25) is 0 Å². The van der Waals surface area contributed by atoms with E-state index in [0.29, 0.717) is 32.5 Å². The van der Waals surface area contributed by atoms with Crippen molar-refractivity contribution in [3.63, 3.8) is 0 Å². The van der Waals surface area contributed by atoms with E-state index in [2.05, 4.69) is 31.9 Å². The van der Waals surface area contributed by atoms with E-state index < -0.39 is 71.8 Å². The number of carbonyl (C=O) groups is 2. The molecule has 3 fully saturated rings. The van der Waals surface area contributed by atoms with Gasteiger partial charge in [0.25, 0.3) is 0 Å². The van der Waals surface area contributed by atoms with Gasteiger partial charge in [-0.05, 0) is 79.5 Å². The monoisotopic (exact) mass is 710 g/mol. The largest absolute Gasteiger partial charge is 0.459 e. The number of fused-ring (bicyclic) bond motifs is 2. The van der Waals surface area contributed by atoms with Crippen molar-refractivity contribution in [2.24, 2.45) is 17.8 Å². The van der Waals surface area contributed by atoms with Crippen molar-refractivity contribution in [1.29, 1.82) is 0 Å². The normalized spacial score (nSPS) is 44.0. The maximum Gasteiger partial charge on any atom is 0.311 e. The highest BCUT2D eigenvalue weighted by Crippen LogP contribution is 2.39. The maximum atomic E-state index is 13.9. The van der Waals surface area contributed by atoms with Gasteiger partial charge >= 0.3 is 11.9 Å². The highest BCUT2D eigenvalue weighted by Gasteiger charge is 2.52. The molecule has 3 heterocycles. The molecule has 0 aromatic rings. The van der Waals surface area contributed by atoms with Crippen molar-refractivity contribution in [1.82, 2.24) is 9.80 Å².